The Balaban J connectivity index is 1.50. The maximum atomic E-state index is 13.7. The first kappa shape index (κ1) is 23.8. The van der Waals surface area contributed by atoms with Crippen molar-refractivity contribution in [1.29, 1.82) is 0 Å². The molecule has 1 aromatic heterocycles. The van der Waals surface area contributed by atoms with E-state index >= 15 is 0 Å². The smallest absolute Gasteiger partial charge is 0.247 e. The molecule has 0 aliphatic carbocycles. The number of fused-ring (bicyclic) bond motifs is 1. The summed E-state index contributed by atoms with van der Waals surface area (Å²) in [5.41, 5.74) is 5.82. The van der Waals surface area contributed by atoms with Crippen molar-refractivity contribution >= 4 is 34.2 Å². The molecule has 4 aromatic rings. The normalized spacial score (nSPS) is 15.8. The molecular weight excluding hydrogens is 448 g/mol. The molecule has 2 heterocycles. The minimum Gasteiger partial charge on any atom is -0.318 e. The Kier molecular flexibility index (Phi) is 6.35. The van der Waals surface area contributed by atoms with Crippen LogP contribution in [-0.4, -0.2) is 34.0 Å². The first-order chi connectivity index (χ1) is 17.3. The van der Waals surface area contributed by atoms with Crippen molar-refractivity contribution in [2.24, 2.45) is 0 Å². The molecule has 0 spiro atoms. The first-order valence-electron chi connectivity index (χ1n) is 12.5. The van der Waals surface area contributed by atoms with Gasteiger partial charge in [-0.2, -0.15) is 0 Å². The van der Waals surface area contributed by atoms with E-state index in [1.54, 1.807) is 0 Å². The van der Waals surface area contributed by atoms with Crippen LogP contribution in [-0.2, 0) is 16.1 Å². The van der Waals surface area contributed by atoms with Crippen molar-refractivity contribution in [2.75, 3.05) is 16.3 Å². The first-order valence-corrected chi connectivity index (χ1v) is 12.5. The van der Waals surface area contributed by atoms with Crippen LogP contribution in [0, 0.1) is 13.8 Å². The molecule has 6 nitrogen and oxygen atoms in total. The van der Waals surface area contributed by atoms with Gasteiger partial charge in [-0.1, -0.05) is 36.4 Å². The van der Waals surface area contributed by atoms with Crippen molar-refractivity contribution in [3.05, 3.63) is 89.7 Å². The lowest BCUT2D eigenvalue weighted by molar-refractivity contribution is -0.119. The van der Waals surface area contributed by atoms with E-state index in [1.165, 1.54) is 0 Å². The molecule has 2 amide bonds. The van der Waals surface area contributed by atoms with Crippen molar-refractivity contribution in [2.45, 2.75) is 52.6 Å². The number of amides is 2. The number of nitrogens with zero attached hydrogens (tertiary/aromatic N) is 4. The van der Waals surface area contributed by atoms with Crippen LogP contribution < -0.4 is 9.80 Å². The Morgan fingerprint density at radius 1 is 1.00 bits per heavy atom. The van der Waals surface area contributed by atoms with Gasteiger partial charge in [-0.05, 0) is 75.2 Å². The van der Waals surface area contributed by atoms with Crippen molar-refractivity contribution in [3.8, 4) is 0 Å². The average molecular weight is 481 g/mol. The highest BCUT2D eigenvalue weighted by Gasteiger charge is 2.35. The van der Waals surface area contributed by atoms with E-state index < -0.39 is 0 Å². The molecular formula is C30H32N4O2. The highest BCUT2D eigenvalue weighted by Crippen LogP contribution is 2.34. The number of anilines is 2. The summed E-state index contributed by atoms with van der Waals surface area (Å²) < 4.78 is 2.01. The highest BCUT2D eigenvalue weighted by molar-refractivity contribution is 5.97. The molecule has 184 valence electrons. The van der Waals surface area contributed by atoms with Crippen LogP contribution in [0.2, 0.25) is 0 Å². The third kappa shape index (κ3) is 4.51. The quantitative estimate of drug-likeness (QED) is 0.360. The second kappa shape index (κ2) is 9.61. The molecule has 6 heteroatoms. The zero-order chi connectivity index (χ0) is 25.4. The summed E-state index contributed by atoms with van der Waals surface area (Å²) in [5, 5.41) is 0. The van der Waals surface area contributed by atoms with Crippen LogP contribution in [0.1, 0.15) is 43.1 Å². The van der Waals surface area contributed by atoms with Gasteiger partial charge in [0, 0.05) is 36.3 Å². The molecule has 1 fully saturated rings. The van der Waals surface area contributed by atoms with Gasteiger partial charge in [0.25, 0.3) is 0 Å². The van der Waals surface area contributed by atoms with Gasteiger partial charge in [0.15, 0.2) is 0 Å². The van der Waals surface area contributed by atoms with Crippen molar-refractivity contribution in [1.82, 2.24) is 9.55 Å². The van der Waals surface area contributed by atoms with Gasteiger partial charge in [0.2, 0.25) is 11.8 Å². The van der Waals surface area contributed by atoms with Crippen LogP contribution in [0.15, 0.2) is 72.8 Å². The van der Waals surface area contributed by atoms with Crippen molar-refractivity contribution < 1.29 is 9.59 Å². The van der Waals surface area contributed by atoms with E-state index in [2.05, 4.69) is 18.2 Å². The summed E-state index contributed by atoms with van der Waals surface area (Å²) in [6.45, 7) is 8.85. The molecule has 36 heavy (non-hydrogen) atoms. The molecule has 1 saturated heterocycles. The number of para-hydroxylation sites is 3. The molecule has 1 aliphatic rings. The lowest BCUT2D eigenvalue weighted by Crippen LogP contribution is -2.39. The highest BCUT2D eigenvalue weighted by atomic mass is 16.2. The molecule has 1 atom stereocenters. The summed E-state index contributed by atoms with van der Waals surface area (Å²) in [6, 6.07) is 23.9. The van der Waals surface area contributed by atoms with Crippen LogP contribution in [0.25, 0.3) is 11.0 Å². The zero-order valence-electron chi connectivity index (χ0n) is 21.3. The number of aryl methyl sites for hydroxylation is 2. The molecule has 5 rings (SSSR count). The largest absolute Gasteiger partial charge is 0.318 e. The van der Waals surface area contributed by atoms with E-state index in [0.29, 0.717) is 13.0 Å². The Hall–Kier alpha value is -3.93. The van der Waals surface area contributed by atoms with Gasteiger partial charge >= 0.3 is 0 Å². The molecule has 0 N–H and O–H groups in total. The zero-order valence-corrected chi connectivity index (χ0v) is 21.3. The summed E-state index contributed by atoms with van der Waals surface area (Å²) in [5.74, 6) is 0.781. The lowest BCUT2D eigenvalue weighted by Gasteiger charge is -2.28. The SMILES string of the molecule is Cc1cc(C)cc(N2CC(c3nc4ccccc4n3CC(=O)N(c3ccccc3)C(C)C)CC2=O)c1. The molecule has 3 aromatic carbocycles. The Bertz CT molecular complexity index is 1400. The fraction of sp³-hybridized carbons (Fsp3) is 0.300. The third-order valence-electron chi connectivity index (χ3n) is 6.81. The van der Waals surface area contributed by atoms with Crippen LogP contribution in [0.5, 0.6) is 0 Å². The van der Waals surface area contributed by atoms with Gasteiger partial charge in [0.05, 0.1) is 11.0 Å². The summed E-state index contributed by atoms with van der Waals surface area (Å²) in [7, 11) is 0. The van der Waals surface area contributed by atoms with Crippen molar-refractivity contribution in [3.63, 3.8) is 0 Å². The summed E-state index contributed by atoms with van der Waals surface area (Å²) in [4.78, 5) is 35.4. The van der Waals surface area contributed by atoms with Gasteiger partial charge in [0.1, 0.15) is 12.4 Å². The second-order valence-corrected chi connectivity index (χ2v) is 9.99. The number of benzene rings is 3. The Morgan fingerprint density at radius 2 is 1.67 bits per heavy atom. The van der Waals surface area contributed by atoms with E-state index in [1.807, 2.05) is 96.7 Å². The maximum absolute atomic E-state index is 13.7. The summed E-state index contributed by atoms with van der Waals surface area (Å²) >= 11 is 0. The number of carbonyl (C=O) groups excluding carboxylic acids is 2. The minimum atomic E-state index is -0.0947. The number of imidazole rings is 1. The third-order valence-corrected chi connectivity index (χ3v) is 6.81. The van der Waals surface area contributed by atoms with E-state index in [0.717, 1.165) is 39.4 Å². The fourth-order valence-corrected chi connectivity index (χ4v) is 5.34. The molecule has 1 aliphatic heterocycles. The second-order valence-electron chi connectivity index (χ2n) is 9.99. The molecule has 1 unspecified atom stereocenters. The van der Waals surface area contributed by atoms with Crippen LogP contribution in [0.3, 0.4) is 0 Å². The van der Waals surface area contributed by atoms with E-state index in [-0.39, 0.29) is 30.3 Å². The number of hydrogen-bond acceptors (Lipinski definition) is 3. The minimum absolute atomic E-state index is 0.00362. The topological polar surface area (TPSA) is 58.4 Å². The van der Waals surface area contributed by atoms with Gasteiger partial charge in [-0.25, -0.2) is 4.98 Å². The molecule has 0 saturated carbocycles. The average Bonchev–Trinajstić information content (AvgIpc) is 3.39. The van der Waals surface area contributed by atoms with E-state index in [4.69, 9.17) is 4.98 Å². The van der Waals surface area contributed by atoms with Gasteiger partial charge < -0.3 is 14.4 Å². The van der Waals surface area contributed by atoms with Crippen LogP contribution >= 0.6 is 0 Å². The molecule has 0 bridgehead atoms. The number of aromatic nitrogens is 2. The number of hydrogen-bond donors (Lipinski definition) is 0. The Morgan fingerprint density at radius 3 is 2.36 bits per heavy atom. The summed E-state index contributed by atoms with van der Waals surface area (Å²) in [6.07, 6.45) is 0.372. The lowest BCUT2D eigenvalue weighted by atomic mass is 10.1. The number of carbonyl (C=O) groups is 2. The number of rotatable bonds is 6. The van der Waals surface area contributed by atoms with E-state index in [9.17, 15) is 9.59 Å². The Labute approximate surface area is 212 Å². The van der Waals surface area contributed by atoms with Gasteiger partial charge in [-0.15, -0.1) is 0 Å². The fourth-order valence-electron chi connectivity index (χ4n) is 5.34. The van der Waals surface area contributed by atoms with Gasteiger partial charge in [-0.3, -0.25) is 9.59 Å². The standard InChI is InChI=1S/C30H32N4O2/c1-20(2)34(24-10-6-5-7-11-24)29(36)19-33-27-13-9-8-12-26(27)31-30(33)23-17-28(35)32(18-23)25-15-21(3)14-22(4)16-25/h5-16,20,23H,17-19H2,1-4H3. The van der Waals surface area contributed by atoms with Crippen LogP contribution in [0.4, 0.5) is 11.4 Å². The monoisotopic (exact) mass is 480 g/mol. The predicted octanol–water partition coefficient (Wildman–Crippen LogP) is 5.62. The maximum Gasteiger partial charge on any atom is 0.247 e. The molecule has 0 radical (unpaired) electrons. The predicted molar refractivity (Wildman–Crippen MR) is 144 cm³/mol.